The van der Waals surface area contributed by atoms with E-state index in [9.17, 15) is 0 Å². The van der Waals surface area contributed by atoms with Crippen LogP contribution < -0.4 is 5.73 Å². The van der Waals surface area contributed by atoms with Crippen molar-refractivity contribution in [1.82, 2.24) is 0 Å². The van der Waals surface area contributed by atoms with Crippen LogP contribution in [0.2, 0.25) is 0 Å². The second kappa shape index (κ2) is 5.20. The third kappa shape index (κ3) is 3.16. The Bertz CT molecular complexity index is 293. The Morgan fingerprint density at radius 2 is 2.09 bits per heavy atom. The molecule has 0 aliphatic carbocycles. The first-order valence-electron chi connectivity index (χ1n) is 2.72. The Balaban J connectivity index is 0.000001000. The predicted octanol–water partition coefficient (Wildman–Crippen LogP) is 1.05. The zero-order valence-electron chi connectivity index (χ0n) is 6.20. The molecule has 51 valence electrons. The van der Waals surface area contributed by atoms with E-state index in [2.05, 4.69) is 12.6 Å². The summed E-state index contributed by atoms with van der Waals surface area (Å²) in [5.41, 5.74) is 6.58. The maximum Gasteiger partial charge on any atom is 0.0992 e. The van der Waals surface area contributed by atoms with Gasteiger partial charge in [-0.05, 0) is 18.2 Å². The molecule has 1 rings (SSSR count). The molecule has 2 N–H and O–H groups in total. The van der Waals surface area contributed by atoms with E-state index in [1.807, 2.05) is 6.07 Å². The number of rotatable bonds is 0. The fourth-order valence-electron chi connectivity index (χ4n) is 0.624. The van der Waals surface area contributed by atoms with Crippen LogP contribution >= 0.6 is 12.6 Å². The number of nitrogens with two attached hydrogens (primary N) is 1. The first kappa shape index (κ1) is 11.5. The normalized spacial score (nSPS) is 8.00. The SMILES string of the molecule is N#Cc1ccc(S)c(N)c1.[K]. The minimum atomic E-state index is 0. The van der Waals surface area contributed by atoms with E-state index in [-0.39, 0.29) is 51.4 Å². The zero-order chi connectivity index (χ0) is 7.56. The van der Waals surface area contributed by atoms with Gasteiger partial charge in [0.1, 0.15) is 0 Å². The van der Waals surface area contributed by atoms with Crippen molar-refractivity contribution in [3.05, 3.63) is 23.8 Å². The largest absolute Gasteiger partial charge is 0.398 e. The number of nitrogen functional groups attached to an aromatic ring is 1. The summed E-state index contributed by atoms with van der Waals surface area (Å²) in [6, 6.07) is 6.97. The molecule has 2 nitrogen and oxygen atoms in total. The van der Waals surface area contributed by atoms with Crippen LogP contribution in [0, 0.1) is 11.3 Å². The second-order valence-corrected chi connectivity index (χ2v) is 2.37. The molecule has 0 aromatic heterocycles. The number of hydrogen-bond acceptors (Lipinski definition) is 3. The maximum atomic E-state index is 8.42. The molecule has 0 fully saturated rings. The molecule has 0 heterocycles. The average Bonchev–Trinajstić information content (AvgIpc) is 1.95. The van der Waals surface area contributed by atoms with Gasteiger partial charge in [0.25, 0.3) is 0 Å². The Morgan fingerprint density at radius 1 is 1.45 bits per heavy atom. The summed E-state index contributed by atoms with van der Waals surface area (Å²) in [4.78, 5) is 0.707. The summed E-state index contributed by atoms with van der Waals surface area (Å²) in [5, 5.41) is 8.42. The molecule has 0 spiro atoms. The van der Waals surface area contributed by atoms with Crippen molar-refractivity contribution in [3.63, 3.8) is 0 Å². The van der Waals surface area contributed by atoms with Crippen LogP contribution in [0.25, 0.3) is 0 Å². The van der Waals surface area contributed by atoms with Crippen molar-refractivity contribution in [2.45, 2.75) is 4.90 Å². The first-order chi connectivity index (χ1) is 4.74. The maximum absolute atomic E-state index is 8.42. The smallest absolute Gasteiger partial charge is 0.0992 e. The first-order valence-corrected chi connectivity index (χ1v) is 3.17. The summed E-state index contributed by atoms with van der Waals surface area (Å²) in [7, 11) is 0. The van der Waals surface area contributed by atoms with Gasteiger partial charge < -0.3 is 5.73 Å². The van der Waals surface area contributed by atoms with Gasteiger partial charge in [0.2, 0.25) is 0 Å². The van der Waals surface area contributed by atoms with Crippen molar-refractivity contribution >= 4 is 69.7 Å². The number of benzene rings is 1. The summed E-state index contributed by atoms with van der Waals surface area (Å²) in [6.45, 7) is 0. The van der Waals surface area contributed by atoms with Crippen molar-refractivity contribution < 1.29 is 0 Å². The molecule has 0 aliphatic rings. The number of nitrogens with zero attached hydrogens (tertiary/aromatic N) is 1. The van der Waals surface area contributed by atoms with Crippen LogP contribution in [0.3, 0.4) is 0 Å². The van der Waals surface area contributed by atoms with Crippen LogP contribution in [-0.2, 0) is 0 Å². The molecule has 0 atom stereocenters. The number of thiol groups is 1. The zero-order valence-corrected chi connectivity index (χ0v) is 10.2. The molecule has 0 amide bonds. The molecule has 1 aromatic rings. The van der Waals surface area contributed by atoms with Gasteiger partial charge in [-0.2, -0.15) is 5.26 Å². The fraction of sp³-hybridized carbons (Fsp3) is 0. The van der Waals surface area contributed by atoms with Gasteiger partial charge in [-0.25, -0.2) is 0 Å². The van der Waals surface area contributed by atoms with Crippen molar-refractivity contribution in [1.29, 1.82) is 5.26 Å². The van der Waals surface area contributed by atoms with Crippen LogP contribution in [0.15, 0.2) is 23.1 Å². The fourth-order valence-corrected chi connectivity index (χ4v) is 0.763. The van der Waals surface area contributed by atoms with E-state index in [1.165, 1.54) is 0 Å². The molecular formula is C7H6KN2S. The average molecular weight is 189 g/mol. The minimum Gasteiger partial charge on any atom is -0.398 e. The van der Waals surface area contributed by atoms with Gasteiger partial charge in [0.15, 0.2) is 0 Å². The van der Waals surface area contributed by atoms with Crippen molar-refractivity contribution in [2.24, 2.45) is 0 Å². The van der Waals surface area contributed by atoms with Crippen molar-refractivity contribution in [2.75, 3.05) is 5.73 Å². The van der Waals surface area contributed by atoms with Gasteiger partial charge in [-0.1, -0.05) is 0 Å². The Kier molecular flexibility index (Phi) is 5.43. The molecule has 0 unspecified atom stereocenters. The summed E-state index contributed by atoms with van der Waals surface area (Å²) in [6.07, 6.45) is 0. The molecule has 11 heavy (non-hydrogen) atoms. The van der Waals surface area contributed by atoms with Crippen LogP contribution in [-0.4, -0.2) is 51.4 Å². The topological polar surface area (TPSA) is 49.8 Å². The van der Waals surface area contributed by atoms with Gasteiger partial charge >= 0.3 is 0 Å². The van der Waals surface area contributed by atoms with Gasteiger partial charge in [0.05, 0.1) is 11.6 Å². The summed E-state index contributed by atoms with van der Waals surface area (Å²) >= 11 is 4.05. The molecule has 0 aliphatic heterocycles. The summed E-state index contributed by atoms with van der Waals surface area (Å²) < 4.78 is 0. The second-order valence-electron chi connectivity index (χ2n) is 1.89. The third-order valence-corrected chi connectivity index (χ3v) is 1.56. The quantitative estimate of drug-likeness (QED) is 0.364. The predicted molar refractivity (Wildman–Crippen MR) is 48.6 cm³/mol. The van der Waals surface area contributed by atoms with E-state index in [4.69, 9.17) is 11.0 Å². The van der Waals surface area contributed by atoms with E-state index >= 15 is 0 Å². The Hall–Kier alpha value is 0.496. The molecule has 0 saturated heterocycles. The number of anilines is 1. The molecule has 0 bridgehead atoms. The number of nitriles is 1. The van der Waals surface area contributed by atoms with Gasteiger partial charge in [-0.15, -0.1) is 12.6 Å². The molecule has 1 radical (unpaired) electrons. The van der Waals surface area contributed by atoms with E-state index < -0.39 is 0 Å². The van der Waals surface area contributed by atoms with E-state index in [0.29, 0.717) is 16.1 Å². The minimum absolute atomic E-state index is 0. The third-order valence-electron chi connectivity index (χ3n) is 1.16. The monoisotopic (exact) mass is 189 g/mol. The van der Waals surface area contributed by atoms with Crippen LogP contribution in [0.4, 0.5) is 5.69 Å². The summed E-state index contributed by atoms with van der Waals surface area (Å²) in [5.74, 6) is 0. The molecule has 4 heteroatoms. The van der Waals surface area contributed by atoms with Gasteiger partial charge in [-0.3, -0.25) is 0 Å². The van der Waals surface area contributed by atoms with E-state index in [0.717, 1.165) is 0 Å². The molecular weight excluding hydrogens is 183 g/mol. The number of hydrogen-bond donors (Lipinski definition) is 2. The van der Waals surface area contributed by atoms with Crippen LogP contribution in [0.5, 0.6) is 0 Å². The Labute approximate surface area is 114 Å². The van der Waals surface area contributed by atoms with E-state index in [1.54, 1.807) is 18.2 Å². The van der Waals surface area contributed by atoms with Crippen LogP contribution in [0.1, 0.15) is 5.56 Å². The van der Waals surface area contributed by atoms with Gasteiger partial charge in [0, 0.05) is 62.0 Å². The molecule has 1 aromatic carbocycles. The Morgan fingerprint density at radius 3 is 2.55 bits per heavy atom. The van der Waals surface area contributed by atoms with Crippen molar-refractivity contribution in [3.8, 4) is 6.07 Å². The standard InChI is InChI=1S/C7H6N2S.K/c8-4-5-1-2-7(10)6(9)3-5;/h1-3,10H,9H2;. The molecule has 0 saturated carbocycles.